The van der Waals surface area contributed by atoms with Gasteiger partial charge in [-0.15, -0.1) is 11.3 Å². The number of fused-ring (bicyclic) bond motifs is 1. The van der Waals surface area contributed by atoms with E-state index in [0.717, 1.165) is 10.4 Å². The molecule has 0 radical (unpaired) electrons. The summed E-state index contributed by atoms with van der Waals surface area (Å²) in [6.07, 6.45) is 3.48. The molecule has 0 saturated carbocycles. The van der Waals surface area contributed by atoms with Crippen LogP contribution in [0.4, 0.5) is 4.39 Å². The maximum atomic E-state index is 13.9. The van der Waals surface area contributed by atoms with Crippen LogP contribution >= 0.6 is 11.3 Å². The van der Waals surface area contributed by atoms with Gasteiger partial charge in [0.2, 0.25) is 0 Å². The van der Waals surface area contributed by atoms with Crippen LogP contribution in [0.1, 0.15) is 18.9 Å². The van der Waals surface area contributed by atoms with E-state index in [4.69, 9.17) is 0 Å². The third-order valence-electron chi connectivity index (χ3n) is 3.43. The summed E-state index contributed by atoms with van der Waals surface area (Å²) in [6.45, 7) is 4.03. The lowest BCUT2D eigenvalue weighted by atomic mass is 10.2. The Hall–Kier alpha value is -2.01. The zero-order valence-corrected chi connectivity index (χ0v) is 12.7. The van der Waals surface area contributed by atoms with Crippen LogP contribution in [0.25, 0.3) is 21.5 Å². The number of hydrogen-bond donors (Lipinski definition) is 0. The predicted molar refractivity (Wildman–Crippen MR) is 83.0 cm³/mol. The van der Waals surface area contributed by atoms with E-state index >= 15 is 0 Å². The van der Waals surface area contributed by atoms with Crippen molar-refractivity contribution in [1.29, 1.82) is 0 Å². The molecule has 0 saturated heterocycles. The molecule has 0 aromatic carbocycles. The number of Topliss-reactive ketones (excluding diaryl/α,β-unsaturated/α-hetero) is 1. The average molecular weight is 302 g/mol. The molecule has 0 atom stereocenters. The minimum atomic E-state index is -0.386. The number of thiophene rings is 1. The highest BCUT2D eigenvalue weighted by Gasteiger charge is 2.13. The Morgan fingerprint density at radius 1 is 1.43 bits per heavy atom. The molecule has 0 aliphatic rings. The van der Waals surface area contributed by atoms with Gasteiger partial charge in [-0.1, -0.05) is 6.92 Å². The van der Waals surface area contributed by atoms with Gasteiger partial charge in [0, 0.05) is 29.3 Å². The van der Waals surface area contributed by atoms with Crippen molar-refractivity contribution in [2.24, 2.45) is 0 Å². The third kappa shape index (κ3) is 2.61. The van der Waals surface area contributed by atoms with Gasteiger partial charge in [0.1, 0.15) is 5.52 Å². The van der Waals surface area contributed by atoms with Gasteiger partial charge in [0.15, 0.2) is 11.6 Å². The fourth-order valence-electron chi connectivity index (χ4n) is 2.27. The number of carbonyl (C=O) groups is 1. The number of nitrogens with zero attached hydrogens (tertiary/aromatic N) is 2. The molecule has 21 heavy (non-hydrogen) atoms. The molecular weight excluding hydrogens is 287 g/mol. The van der Waals surface area contributed by atoms with Crippen molar-refractivity contribution in [1.82, 2.24) is 9.55 Å². The highest BCUT2D eigenvalue weighted by atomic mass is 32.1. The highest BCUT2D eigenvalue weighted by molar-refractivity contribution is 7.13. The quantitative estimate of drug-likeness (QED) is 0.724. The lowest BCUT2D eigenvalue weighted by molar-refractivity contribution is -0.119. The highest BCUT2D eigenvalue weighted by Crippen LogP contribution is 2.29. The van der Waals surface area contributed by atoms with Crippen molar-refractivity contribution in [3.8, 4) is 10.4 Å². The standard InChI is InChI=1S/C16H15FN2OS/c1-3-12(20)7-19-8-13(17)16-14(19)5-11(6-18-16)15-4-10(2)9-21-15/h4-6,8-9H,3,7H2,1-2H3. The lowest BCUT2D eigenvalue weighted by Crippen LogP contribution is -2.07. The SMILES string of the molecule is CCC(=O)Cn1cc(F)c2ncc(-c3cc(C)cs3)cc21. The van der Waals surface area contributed by atoms with Crippen molar-refractivity contribution in [2.45, 2.75) is 26.8 Å². The molecule has 3 aromatic heterocycles. The van der Waals surface area contributed by atoms with Gasteiger partial charge in [-0.25, -0.2) is 4.39 Å². The van der Waals surface area contributed by atoms with Gasteiger partial charge >= 0.3 is 0 Å². The van der Waals surface area contributed by atoms with Crippen molar-refractivity contribution in [3.05, 3.63) is 41.3 Å². The van der Waals surface area contributed by atoms with Crippen LogP contribution < -0.4 is 0 Å². The van der Waals surface area contributed by atoms with Crippen molar-refractivity contribution in [3.63, 3.8) is 0 Å². The number of aryl methyl sites for hydroxylation is 1. The Balaban J connectivity index is 2.10. The summed E-state index contributed by atoms with van der Waals surface area (Å²) in [7, 11) is 0. The Morgan fingerprint density at radius 2 is 2.24 bits per heavy atom. The Bertz CT molecular complexity index is 819. The van der Waals surface area contributed by atoms with E-state index in [0.29, 0.717) is 17.5 Å². The zero-order chi connectivity index (χ0) is 15.0. The van der Waals surface area contributed by atoms with E-state index in [1.807, 2.05) is 19.9 Å². The van der Waals surface area contributed by atoms with Crippen LogP contribution in [0.15, 0.2) is 29.9 Å². The molecule has 0 amide bonds. The summed E-state index contributed by atoms with van der Waals surface area (Å²) in [5.74, 6) is -0.313. The average Bonchev–Trinajstić information content (AvgIpc) is 3.03. The van der Waals surface area contributed by atoms with E-state index < -0.39 is 0 Å². The molecule has 0 aliphatic carbocycles. The minimum Gasteiger partial charge on any atom is -0.336 e. The van der Waals surface area contributed by atoms with Crippen LogP contribution in [-0.4, -0.2) is 15.3 Å². The first-order valence-electron chi connectivity index (χ1n) is 6.80. The van der Waals surface area contributed by atoms with Crippen LogP contribution in [0.3, 0.4) is 0 Å². The molecule has 0 spiro atoms. The van der Waals surface area contributed by atoms with Gasteiger partial charge in [0.05, 0.1) is 12.1 Å². The first-order valence-corrected chi connectivity index (χ1v) is 7.68. The van der Waals surface area contributed by atoms with Crippen molar-refractivity contribution >= 4 is 28.2 Å². The number of carbonyl (C=O) groups excluding carboxylic acids is 1. The fraction of sp³-hybridized carbons (Fsp3) is 0.250. The lowest BCUT2D eigenvalue weighted by Gasteiger charge is -2.04. The Kier molecular flexibility index (Phi) is 3.59. The number of aromatic nitrogens is 2. The number of ketones is 1. The Morgan fingerprint density at radius 3 is 2.90 bits per heavy atom. The number of halogens is 1. The minimum absolute atomic E-state index is 0.0734. The molecule has 0 unspecified atom stereocenters. The first-order chi connectivity index (χ1) is 10.1. The molecule has 5 heteroatoms. The van der Waals surface area contributed by atoms with Gasteiger partial charge < -0.3 is 4.57 Å². The van der Waals surface area contributed by atoms with Gasteiger partial charge in [0.25, 0.3) is 0 Å². The molecule has 3 rings (SSSR count). The second kappa shape index (κ2) is 5.41. The van der Waals surface area contributed by atoms with Gasteiger partial charge in [-0.2, -0.15) is 0 Å². The molecule has 3 heterocycles. The fourth-order valence-corrected chi connectivity index (χ4v) is 3.16. The van der Waals surface area contributed by atoms with Crippen LogP contribution in [-0.2, 0) is 11.3 Å². The normalized spacial score (nSPS) is 11.2. The summed E-state index contributed by atoms with van der Waals surface area (Å²) < 4.78 is 15.6. The van der Waals surface area contributed by atoms with Crippen LogP contribution in [0, 0.1) is 12.7 Å². The Labute approximate surface area is 126 Å². The molecule has 3 aromatic rings. The van der Waals surface area contributed by atoms with Crippen LogP contribution in [0.5, 0.6) is 0 Å². The monoisotopic (exact) mass is 302 g/mol. The molecule has 0 aliphatic heterocycles. The van der Waals surface area contributed by atoms with Crippen LogP contribution in [0.2, 0.25) is 0 Å². The summed E-state index contributed by atoms with van der Waals surface area (Å²) in [4.78, 5) is 16.9. The summed E-state index contributed by atoms with van der Waals surface area (Å²) in [5, 5.41) is 2.07. The van der Waals surface area contributed by atoms with Gasteiger partial charge in [-0.05, 0) is 30.0 Å². The first kappa shape index (κ1) is 13.9. The zero-order valence-electron chi connectivity index (χ0n) is 11.9. The topological polar surface area (TPSA) is 34.9 Å². The van der Waals surface area contributed by atoms with E-state index in [1.54, 1.807) is 22.1 Å². The van der Waals surface area contributed by atoms with E-state index in [1.165, 1.54) is 11.8 Å². The predicted octanol–water partition coefficient (Wildman–Crippen LogP) is 4.19. The third-order valence-corrected chi connectivity index (χ3v) is 4.53. The van der Waals surface area contributed by atoms with Gasteiger partial charge in [-0.3, -0.25) is 9.78 Å². The largest absolute Gasteiger partial charge is 0.336 e. The molecule has 3 nitrogen and oxygen atoms in total. The molecule has 0 bridgehead atoms. The smallest absolute Gasteiger partial charge is 0.167 e. The maximum absolute atomic E-state index is 13.9. The summed E-state index contributed by atoms with van der Waals surface area (Å²) in [5.41, 5.74) is 3.12. The number of rotatable bonds is 4. The van der Waals surface area contributed by atoms with Crippen molar-refractivity contribution in [2.75, 3.05) is 0 Å². The summed E-state index contributed by atoms with van der Waals surface area (Å²) in [6, 6.07) is 3.98. The number of hydrogen-bond acceptors (Lipinski definition) is 3. The molecule has 108 valence electrons. The summed E-state index contributed by atoms with van der Waals surface area (Å²) >= 11 is 1.63. The molecule has 0 N–H and O–H groups in total. The van der Waals surface area contributed by atoms with E-state index in [2.05, 4.69) is 16.4 Å². The van der Waals surface area contributed by atoms with E-state index in [-0.39, 0.29) is 18.1 Å². The second-order valence-corrected chi connectivity index (χ2v) is 5.99. The second-order valence-electron chi connectivity index (χ2n) is 5.08. The number of pyridine rings is 1. The van der Waals surface area contributed by atoms with Crippen molar-refractivity contribution < 1.29 is 9.18 Å². The van der Waals surface area contributed by atoms with E-state index in [9.17, 15) is 9.18 Å². The molecular formula is C16H15FN2OS. The maximum Gasteiger partial charge on any atom is 0.167 e. The molecule has 0 fully saturated rings.